The highest BCUT2D eigenvalue weighted by molar-refractivity contribution is 7.89. The number of hydrogen-bond acceptors (Lipinski definition) is 4. The van der Waals surface area contributed by atoms with Crippen LogP contribution in [0.15, 0.2) is 35.2 Å². The maximum Gasteiger partial charge on any atom is 0.416 e. The van der Waals surface area contributed by atoms with Crippen molar-refractivity contribution in [2.45, 2.75) is 42.8 Å². The molecule has 30 heavy (non-hydrogen) atoms. The van der Waals surface area contributed by atoms with Gasteiger partial charge in [0, 0.05) is 26.2 Å². The van der Waals surface area contributed by atoms with Crippen LogP contribution in [0.1, 0.15) is 30.5 Å². The van der Waals surface area contributed by atoms with Crippen LogP contribution in [0.5, 0.6) is 0 Å². The average Bonchev–Trinajstić information content (AvgIpc) is 3.09. The number of hydrogen-bond donors (Lipinski definition) is 0. The first kappa shape index (κ1) is 20.9. The molecule has 1 spiro atoms. The van der Waals surface area contributed by atoms with Crippen LogP contribution in [0, 0.1) is 6.92 Å². The monoisotopic (exact) mass is 442 g/mol. The second kappa shape index (κ2) is 6.81. The van der Waals surface area contributed by atoms with Gasteiger partial charge >= 0.3 is 6.18 Å². The van der Waals surface area contributed by atoms with Crippen LogP contribution >= 0.6 is 0 Å². The maximum absolute atomic E-state index is 13.0. The summed E-state index contributed by atoms with van der Waals surface area (Å²) in [6.45, 7) is 2.01. The number of aryl methyl sites for hydroxylation is 1. The summed E-state index contributed by atoms with van der Waals surface area (Å²) >= 11 is 0. The minimum atomic E-state index is -4.62. The van der Waals surface area contributed by atoms with Crippen LogP contribution in [0.3, 0.4) is 0 Å². The summed E-state index contributed by atoms with van der Waals surface area (Å²) in [5.74, 6) is 0.592. The van der Waals surface area contributed by atoms with Gasteiger partial charge in [-0.15, -0.1) is 0 Å². The Kier molecular flexibility index (Phi) is 4.73. The summed E-state index contributed by atoms with van der Waals surface area (Å²) in [4.78, 5) is 13.7. The van der Waals surface area contributed by atoms with Crippen LogP contribution < -0.4 is 4.90 Å². The highest BCUT2D eigenvalue weighted by atomic mass is 32.2. The SMILES string of the molecule is Cc1cc2n(n1)C1(CCN(S(=O)(=O)c3cccc(C(F)(F)F)c3)CC1)CC(=O)N2C. The molecule has 0 saturated carbocycles. The second-order valence-corrected chi connectivity index (χ2v) is 9.78. The number of carbonyl (C=O) groups excluding carboxylic acids is 1. The van der Waals surface area contributed by atoms with Crippen LogP contribution in [0.25, 0.3) is 0 Å². The minimum absolute atomic E-state index is 0.0726. The number of benzene rings is 1. The molecule has 3 heterocycles. The highest BCUT2D eigenvalue weighted by Crippen LogP contribution is 2.42. The zero-order valence-electron chi connectivity index (χ0n) is 16.5. The fraction of sp³-hybridized carbons (Fsp3) is 0.474. The first-order chi connectivity index (χ1) is 13.9. The molecule has 1 aromatic heterocycles. The van der Waals surface area contributed by atoms with E-state index in [9.17, 15) is 26.4 Å². The quantitative estimate of drug-likeness (QED) is 0.717. The van der Waals surface area contributed by atoms with E-state index in [2.05, 4.69) is 5.10 Å². The number of piperidine rings is 1. The zero-order chi connectivity index (χ0) is 21.9. The van der Waals surface area contributed by atoms with Crippen LogP contribution in [-0.4, -0.2) is 48.5 Å². The zero-order valence-corrected chi connectivity index (χ0v) is 17.3. The van der Waals surface area contributed by atoms with Crippen molar-refractivity contribution in [3.05, 3.63) is 41.6 Å². The number of fused-ring (bicyclic) bond motifs is 2. The second-order valence-electron chi connectivity index (χ2n) is 7.84. The Hall–Kier alpha value is -2.40. The number of rotatable bonds is 2. The van der Waals surface area contributed by atoms with Gasteiger partial charge in [0.2, 0.25) is 15.9 Å². The van der Waals surface area contributed by atoms with Gasteiger partial charge in [0.15, 0.2) is 0 Å². The third-order valence-electron chi connectivity index (χ3n) is 5.91. The summed E-state index contributed by atoms with van der Waals surface area (Å²) in [5, 5.41) is 4.53. The molecule has 4 rings (SSSR count). The summed E-state index contributed by atoms with van der Waals surface area (Å²) in [5.41, 5.74) is -0.882. The molecule has 2 aliphatic heterocycles. The molecule has 1 amide bonds. The highest BCUT2D eigenvalue weighted by Gasteiger charge is 2.47. The lowest BCUT2D eigenvalue weighted by molar-refractivity contribution is -0.137. The lowest BCUT2D eigenvalue weighted by Gasteiger charge is -2.45. The lowest BCUT2D eigenvalue weighted by Crippen LogP contribution is -2.54. The Morgan fingerprint density at radius 1 is 1.13 bits per heavy atom. The molecule has 2 aromatic rings. The van der Waals surface area contributed by atoms with Crippen molar-refractivity contribution in [2.24, 2.45) is 0 Å². The molecule has 1 saturated heterocycles. The molecule has 11 heteroatoms. The summed E-state index contributed by atoms with van der Waals surface area (Å²) in [6, 6.07) is 5.58. The van der Waals surface area contributed by atoms with Crippen molar-refractivity contribution < 1.29 is 26.4 Å². The van der Waals surface area contributed by atoms with Gasteiger partial charge in [-0.25, -0.2) is 13.1 Å². The smallest absolute Gasteiger partial charge is 0.300 e. The van der Waals surface area contributed by atoms with Crippen molar-refractivity contribution in [2.75, 3.05) is 25.0 Å². The molecule has 0 N–H and O–H groups in total. The molecular formula is C19H21F3N4O3S. The van der Waals surface area contributed by atoms with E-state index < -0.39 is 27.3 Å². The number of nitrogens with zero attached hydrogens (tertiary/aromatic N) is 4. The molecule has 0 bridgehead atoms. The van der Waals surface area contributed by atoms with Gasteiger partial charge in [-0.05, 0) is 38.0 Å². The first-order valence-corrected chi connectivity index (χ1v) is 10.9. The third kappa shape index (κ3) is 3.29. The average molecular weight is 442 g/mol. The van der Waals surface area contributed by atoms with Crippen molar-refractivity contribution in [1.29, 1.82) is 0 Å². The summed E-state index contributed by atoms with van der Waals surface area (Å²) in [6.07, 6.45) is -3.73. The maximum atomic E-state index is 13.0. The fourth-order valence-electron chi connectivity index (χ4n) is 4.19. The van der Waals surface area contributed by atoms with Crippen molar-refractivity contribution in [1.82, 2.24) is 14.1 Å². The van der Waals surface area contributed by atoms with Crippen molar-refractivity contribution >= 4 is 21.7 Å². The molecule has 0 aliphatic carbocycles. The predicted molar refractivity (Wildman–Crippen MR) is 102 cm³/mol. The number of amides is 1. The number of anilines is 1. The number of carbonyl (C=O) groups is 1. The van der Waals surface area contributed by atoms with E-state index in [1.165, 1.54) is 15.3 Å². The Balaban J connectivity index is 1.61. The Morgan fingerprint density at radius 3 is 2.43 bits per heavy atom. The normalized spacial score (nSPS) is 19.9. The molecular weight excluding hydrogens is 421 g/mol. The van der Waals surface area contributed by atoms with Crippen molar-refractivity contribution in [3.63, 3.8) is 0 Å². The number of aromatic nitrogens is 2. The van der Waals surface area contributed by atoms with Gasteiger partial charge in [0.05, 0.1) is 28.1 Å². The van der Waals surface area contributed by atoms with Crippen molar-refractivity contribution in [3.8, 4) is 0 Å². The predicted octanol–water partition coefficient (Wildman–Crippen LogP) is 2.76. The van der Waals surface area contributed by atoms with Gasteiger partial charge in [-0.3, -0.25) is 4.79 Å². The van der Waals surface area contributed by atoms with E-state index in [-0.39, 0.29) is 30.3 Å². The van der Waals surface area contributed by atoms with Gasteiger partial charge in [0.25, 0.3) is 0 Å². The van der Waals surface area contributed by atoms with Crippen LogP contribution in [0.4, 0.5) is 19.0 Å². The molecule has 2 aliphatic rings. The fourth-order valence-corrected chi connectivity index (χ4v) is 5.68. The van der Waals surface area contributed by atoms with Crippen LogP contribution in [0.2, 0.25) is 0 Å². The summed E-state index contributed by atoms with van der Waals surface area (Å²) in [7, 11) is -2.41. The van der Waals surface area contributed by atoms with Gasteiger partial charge in [-0.2, -0.15) is 22.6 Å². The number of sulfonamides is 1. The van der Waals surface area contributed by atoms with E-state index in [1.54, 1.807) is 11.7 Å². The lowest BCUT2D eigenvalue weighted by atomic mass is 9.83. The molecule has 162 valence electrons. The number of halogens is 3. The molecule has 1 aromatic carbocycles. The third-order valence-corrected chi connectivity index (χ3v) is 7.81. The van der Waals surface area contributed by atoms with E-state index in [1.807, 2.05) is 13.0 Å². The number of alkyl halides is 3. The van der Waals surface area contributed by atoms with E-state index in [4.69, 9.17) is 0 Å². The first-order valence-electron chi connectivity index (χ1n) is 9.45. The Labute approximate surface area is 172 Å². The standard InChI is InChI=1S/C19H21F3N4O3S/c1-13-10-16-24(2)17(27)12-18(26(16)23-13)6-8-25(9-7-18)30(28,29)15-5-3-4-14(11-15)19(20,21)22/h3-5,10-11H,6-9,12H2,1-2H3. The summed E-state index contributed by atoms with van der Waals surface area (Å²) < 4.78 is 67.9. The Bertz CT molecular complexity index is 1100. The van der Waals surface area contributed by atoms with Gasteiger partial charge in [0.1, 0.15) is 5.82 Å². The molecule has 7 nitrogen and oxygen atoms in total. The molecule has 0 unspecified atom stereocenters. The van der Waals surface area contributed by atoms with E-state index in [0.717, 1.165) is 17.8 Å². The van der Waals surface area contributed by atoms with Crippen LogP contribution in [-0.2, 0) is 26.5 Å². The van der Waals surface area contributed by atoms with E-state index in [0.29, 0.717) is 24.7 Å². The molecule has 1 fully saturated rings. The van der Waals surface area contributed by atoms with Gasteiger partial charge < -0.3 is 4.90 Å². The Morgan fingerprint density at radius 2 is 1.80 bits per heavy atom. The van der Waals surface area contributed by atoms with E-state index >= 15 is 0 Å². The molecule has 0 atom stereocenters. The van der Waals surface area contributed by atoms with Gasteiger partial charge in [-0.1, -0.05) is 6.07 Å². The minimum Gasteiger partial charge on any atom is -0.300 e. The largest absolute Gasteiger partial charge is 0.416 e. The molecule has 0 radical (unpaired) electrons. The topological polar surface area (TPSA) is 75.5 Å².